The molecule has 0 heterocycles. The molecule has 1 nitrogen and oxygen atoms in total. The molecule has 1 saturated carbocycles. The van der Waals surface area contributed by atoms with Crippen LogP contribution in [0.3, 0.4) is 0 Å². The molecule has 122 valence electrons. The lowest BCUT2D eigenvalue weighted by atomic mass is 9.79. The van der Waals surface area contributed by atoms with Gasteiger partial charge in [0.05, 0.1) is 0 Å². The number of nitriles is 1. The van der Waals surface area contributed by atoms with E-state index in [0.717, 1.165) is 44.1 Å². The summed E-state index contributed by atoms with van der Waals surface area (Å²) in [6.45, 7) is 0. The van der Waals surface area contributed by atoms with Gasteiger partial charge in [0.2, 0.25) is 0 Å². The minimum atomic E-state index is -0.803. The molecule has 4 heteroatoms. The van der Waals surface area contributed by atoms with E-state index in [4.69, 9.17) is 5.26 Å². The third-order valence-electron chi connectivity index (χ3n) is 4.45. The molecule has 1 aliphatic rings. The standard InChI is InChI=1S/C19H20F3N/c20-17(13-23)3-1-2-14-4-6-15(7-5-14)8-9-16-10-11-18(21)19(22)12-16/h1-3,10-12,14-15H,4-9H2/t14-,15-. The Balaban J connectivity index is 1.74. The van der Waals surface area contributed by atoms with Crippen molar-refractivity contribution in [3.05, 3.63) is 59.5 Å². The van der Waals surface area contributed by atoms with E-state index in [2.05, 4.69) is 0 Å². The summed E-state index contributed by atoms with van der Waals surface area (Å²) in [6, 6.07) is 5.54. The third kappa shape index (κ3) is 5.59. The number of allylic oxidation sites excluding steroid dienone is 4. The van der Waals surface area contributed by atoms with Crippen LogP contribution in [-0.2, 0) is 6.42 Å². The van der Waals surface area contributed by atoms with Crippen molar-refractivity contribution >= 4 is 0 Å². The molecular weight excluding hydrogens is 299 g/mol. The normalized spacial score (nSPS) is 22.3. The van der Waals surface area contributed by atoms with Gasteiger partial charge >= 0.3 is 0 Å². The van der Waals surface area contributed by atoms with E-state index in [-0.39, 0.29) is 0 Å². The summed E-state index contributed by atoms with van der Waals surface area (Å²) in [6.07, 6.45) is 10.8. The van der Waals surface area contributed by atoms with Gasteiger partial charge in [-0.25, -0.2) is 8.78 Å². The van der Waals surface area contributed by atoms with Crippen LogP contribution in [0.1, 0.15) is 37.7 Å². The lowest BCUT2D eigenvalue weighted by Crippen LogP contribution is -2.13. The first-order valence-electron chi connectivity index (χ1n) is 7.96. The number of hydrogen-bond donors (Lipinski definition) is 0. The van der Waals surface area contributed by atoms with Crippen LogP contribution >= 0.6 is 0 Å². The topological polar surface area (TPSA) is 23.8 Å². The third-order valence-corrected chi connectivity index (χ3v) is 4.45. The van der Waals surface area contributed by atoms with Gasteiger partial charge in [0.15, 0.2) is 17.5 Å². The van der Waals surface area contributed by atoms with Gasteiger partial charge in [-0.05, 0) is 74.1 Å². The number of rotatable bonds is 5. The van der Waals surface area contributed by atoms with Crippen LogP contribution in [-0.4, -0.2) is 0 Å². The molecule has 0 amide bonds. The minimum Gasteiger partial charge on any atom is -0.204 e. The van der Waals surface area contributed by atoms with E-state index in [1.165, 1.54) is 24.3 Å². The number of benzene rings is 1. The molecule has 0 spiro atoms. The lowest BCUT2D eigenvalue weighted by Gasteiger charge is -2.26. The van der Waals surface area contributed by atoms with Gasteiger partial charge in [-0.1, -0.05) is 18.2 Å². The van der Waals surface area contributed by atoms with Crippen molar-refractivity contribution in [2.24, 2.45) is 11.8 Å². The van der Waals surface area contributed by atoms with Crippen LogP contribution in [0.15, 0.2) is 42.3 Å². The summed E-state index contributed by atoms with van der Waals surface area (Å²) in [5.41, 5.74) is 0.836. The first-order valence-corrected chi connectivity index (χ1v) is 7.96. The van der Waals surface area contributed by atoms with Gasteiger partial charge in [-0.2, -0.15) is 9.65 Å². The molecule has 0 unspecified atom stereocenters. The van der Waals surface area contributed by atoms with E-state index >= 15 is 0 Å². The Hall–Kier alpha value is -2.02. The van der Waals surface area contributed by atoms with Crippen LogP contribution in [0, 0.1) is 34.8 Å². The van der Waals surface area contributed by atoms with Gasteiger partial charge < -0.3 is 0 Å². The second-order valence-corrected chi connectivity index (χ2v) is 6.08. The Morgan fingerprint density at radius 1 is 1.17 bits per heavy atom. The molecule has 0 saturated heterocycles. The molecule has 0 bridgehead atoms. The van der Waals surface area contributed by atoms with Gasteiger partial charge in [0.1, 0.15) is 6.07 Å². The predicted octanol–water partition coefficient (Wildman–Crippen LogP) is 5.64. The van der Waals surface area contributed by atoms with Crippen molar-refractivity contribution in [2.75, 3.05) is 0 Å². The summed E-state index contributed by atoms with van der Waals surface area (Å²) in [7, 11) is 0. The van der Waals surface area contributed by atoms with Crippen LogP contribution in [0.25, 0.3) is 0 Å². The highest BCUT2D eigenvalue weighted by atomic mass is 19.2. The van der Waals surface area contributed by atoms with Crippen molar-refractivity contribution in [3.63, 3.8) is 0 Å². The Morgan fingerprint density at radius 2 is 1.91 bits per heavy atom. The van der Waals surface area contributed by atoms with Gasteiger partial charge in [0.25, 0.3) is 0 Å². The van der Waals surface area contributed by atoms with Gasteiger partial charge in [0, 0.05) is 0 Å². The molecule has 0 atom stereocenters. The van der Waals surface area contributed by atoms with E-state index in [9.17, 15) is 13.2 Å². The maximum atomic E-state index is 13.2. The second-order valence-electron chi connectivity index (χ2n) is 6.08. The fraction of sp³-hybridized carbons (Fsp3) is 0.421. The van der Waals surface area contributed by atoms with Gasteiger partial charge in [-0.15, -0.1) is 0 Å². The van der Waals surface area contributed by atoms with Crippen LogP contribution < -0.4 is 0 Å². The van der Waals surface area contributed by atoms with Crippen LogP contribution in [0.5, 0.6) is 0 Å². The average molecular weight is 319 g/mol. The molecule has 1 aromatic rings. The predicted molar refractivity (Wildman–Crippen MR) is 84.1 cm³/mol. The average Bonchev–Trinajstić information content (AvgIpc) is 2.57. The second kappa shape index (κ2) is 8.57. The Labute approximate surface area is 135 Å². The molecule has 23 heavy (non-hydrogen) atoms. The van der Waals surface area contributed by atoms with Gasteiger partial charge in [-0.3, -0.25) is 0 Å². The minimum absolute atomic E-state index is 0.428. The van der Waals surface area contributed by atoms with Crippen molar-refractivity contribution in [3.8, 4) is 6.07 Å². The molecule has 2 rings (SSSR count). The zero-order valence-electron chi connectivity index (χ0n) is 12.9. The van der Waals surface area contributed by atoms with Crippen LogP contribution in [0.2, 0.25) is 0 Å². The molecule has 0 aromatic heterocycles. The highest BCUT2D eigenvalue weighted by Crippen LogP contribution is 2.32. The number of hydrogen-bond acceptors (Lipinski definition) is 1. The molecule has 1 aliphatic carbocycles. The Bertz CT molecular complexity index is 620. The van der Waals surface area contributed by atoms with Crippen molar-refractivity contribution in [1.29, 1.82) is 5.26 Å². The zero-order valence-corrected chi connectivity index (χ0v) is 12.9. The molecule has 0 N–H and O–H groups in total. The summed E-state index contributed by atoms with van der Waals surface area (Å²) in [4.78, 5) is 0. The Kier molecular flexibility index (Phi) is 6.46. The van der Waals surface area contributed by atoms with E-state index in [0.29, 0.717) is 11.8 Å². The van der Waals surface area contributed by atoms with E-state index in [1.54, 1.807) is 12.1 Å². The summed E-state index contributed by atoms with van der Waals surface area (Å²) in [5.74, 6) is -1.34. The summed E-state index contributed by atoms with van der Waals surface area (Å²) < 4.78 is 38.7. The first-order chi connectivity index (χ1) is 11.1. The molecular formula is C19H20F3N. The number of halogens is 3. The molecule has 0 radical (unpaired) electrons. The summed E-state index contributed by atoms with van der Waals surface area (Å²) in [5, 5.41) is 8.32. The maximum Gasteiger partial charge on any atom is 0.199 e. The quantitative estimate of drug-likeness (QED) is 0.509. The molecule has 0 aliphatic heterocycles. The highest BCUT2D eigenvalue weighted by Gasteiger charge is 2.19. The van der Waals surface area contributed by atoms with E-state index in [1.807, 2.05) is 6.08 Å². The SMILES string of the molecule is N#CC(F)=CC=C[C@H]1CC[C@H](CCc2ccc(F)c(F)c2)CC1. The first kappa shape index (κ1) is 17.3. The number of aryl methyl sites for hydroxylation is 1. The summed E-state index contributed by atoms with van der Waals surface area (Å²) >= 11 is 0. The fourth-order valence-electron chi connectivity index (χ4n) is 3.07. The van der Waals surface area contributed by atoms with Crippen LogP contribution in [0.4, 0.5) is 13.2 Å². The highest BCUT2D eigenvalue weighted by molar-refractivity contribution is 5.19. The zero-order chi connectivity index (χ0) is 16.7. The lowest BCUT2D eigenvalue weighted by molar-refractivity contribution is 0.296. The fourth-order valence-corrected chi connectivity index (χ4v) is 3.07. The molecule has 1 fully saturated rings. The van der Waals surface area contributed by atoms with Crippen molar-refractivity contribution < 1.29 is 13.2 Å². The van der Waals surface area contributed by atoms with Crippen molar-refractivity contribution in [2.45, 2.75) is 38.5 Å². The smallest absolute Gasteiger partial charge is 0.199 e. The number of nitrogens with zero attached hydrogens (tertiary/aromatic N) is 1. The van der Waals surface area contributed by atoms with E-state index < -0.39 is 17.5 Å². The maximum absolute atomic E-state index is 13.2. The molecule has 1 aromatic carbocycles. The van der Waals surface area contributed by atoms with Crippen molar-refractivity contribution in [1.82, 2.24) is 0 Å². The monoisotopic (exact) mass is 319 g/mol. The Morgan fingerprint density at radius 3 is 2.57 bits per heavy atom. The largest absolute Gasteiger partial charge is 0.204 e.